The molecule has 0 radical (unpaired) electrons. The fraction of sp³-hybridized carbons (Fsp3) is 0.400. The first-order valence-corrected chi connectivity index (χ1v) is 5.28. The van der Waals surface area contributed by atoms with Gasteiger partial charge in [-0.1, -0.05) is 15.9 Å². The summed E-state index contributed by atoms with van der Waals surface area (Å²) < 4.78 is 6.20. The highest BCUT2D eigenvalue weighted by Gasteiger charge is 2.34. The van der Waals surface area contributed by atoms with E-state index in [9.17, 15) is 0 Å². The van der Waals surface area contributed by atoms with Gasteiger partial charge in [-0.3, -0.25) is 0 Å². The van der Waals surface area contributed by atoms with Crippen LogP contribution in [0.3, 0.4) is 0 Å². The summed E-state index contributed by atoms with van der Waals surface area (Å²) in [4.78, 5) is 0. The first-order valence-electron chi connectivity index (χ1n) is 4.49. The lowest BCUT2D eigenvalue weighted by Crippen LogP contribution is -2.62. The van der Waals surface area contributed by atoms with Gasteiger partial charge in [0.1, 0.15) is 5.75 Å². The Balaban J connectivity index is 0.00000112. The molecule has 0 unspecified atom stereocenters. The summed E-state index contributed by atoms with van der Waals surface area (Å²) in [5, 5.41) is 3.18. The maximum absolute atomic E-state index is 6.18. The molecule has 15 heavy (non-hydrogen) atoms. The van der Waals surface area contributed by atoms with Gasteiger partial charge in [0.15, 0.2) is 0 Å². The summed E-state index contributed by atoms with van der Waals surface area (Å²) in [7, 11) is 1.66. The first-order chi connectivity index (χ1) is 6.64. The molecule has 1 aromatic carbocycles. The van der Waals surface area contributed by atoms with Crippen LogP contribution < -0.4 is 15.8 Å². The number of hydrogen-bond acceptors (Lipinski definition) is 3. The van der Waals surface area contributed by atoms with Crippen molar-refractivity contribution in [2.75, 3.05) is 20.2 Å². The molecule has 0 spiro atoms. The topological polar surface area (TPSA) is 47.3 Å². The second-order valence-corrected chi connectivity index (χ2v) is 4.56. The van der Waals surface area contributed by atoms with E-state index >= 15 is 0 Å². The van der Waals surface area contributed by atoms with Crippen LogP contribution in [0.4, 0.5) is 0 Å². The molecule has 1 saturated heterocycles. The molecule has 1 fully saturated rings. The highest BCUT2D eigenvalue weighted by atomic mass is 79.9. The SMILES string of the molecule is COc1cc(Br)cc(C2(N)CNC2)c1.Cl. The smallest absolute Gasteiger partial charge is 0.120 e. The Morgan fingerprint density at radius 1 is 1.40 bits per heavy atom. The van der Waals surface area contributed by atoms with Gasteiger partial charge in [-0.15, -0.1) is 12.4 Å². The monoisotopic (exact) mass is 292 g/mol. The third-order valence-electron chi connectivity index (χ3n) is 2.56. The lowest BCUT2D eigenvalue weighted by Gasteiger charge is -2.39. The summed E-state index contributed by atoms with van der Waals surface area (Å²) in [5.74, 6) is 0.839. The standard InChI is InChI=1S/C10H13BrN2O.ClH/c1-14-9-3-7(2-8(11)4-9)10(12)5-13-6-10;/h2-4,13H,5-6,12H2,1H3;1H. The van der Waals surface area contributed by atoms with Crippen LogP contribution in [0.1, 0.15) is 5.56 Å². The highest BCUT2D eigenvalue weighted by molar-refractivity contribution is 9.10. The molecular weight excluding hydrogens is 279 g/mol. The predicted molar refractivity (Wildman–Crippen MR) is 66.7 cm³/mol. The minimum absolute atomic E-state index is 0. The van der Waals surface area contributed by atoms with Crippen molar-refractivity contribution in [1.82, 2.24) is 5.32 Å². The molecule has 0 bridgehead atoms. The van der Waals surface area contributed by atoms with Gasteiger partial charge in [-0.05, 0) is 23.8 Å². The van der Waals surface area contributed by atoms with Gasteiger partial charge in [-0.25, -0.2) is 0 Å². The van der Waals surface area contributed by atoms with E-state index in [2.05, 4.69) is 21.2 Å². The molecule has 5 heteroatoms. The number of benzene rings is 1. The number of methoxy groups -OCH3 is 1. The zero-order valence-electron chi connectivity index (χ0n) is 8.42. The van der Waals surface area contributed by atoms with Crippen molar-refractivity contribution in [3.05, 3.63) is 28.2 Å². The molecule has 0 aromatic heterocycles. The maximum Gasteiger partial charge on any atom is 0.120 e. The number of ether oxygens (including phenoxy) is 1. The van der Waals surface area contributed by atoms with Crippen LogP contribution in [0.15, 0.2) is 22.7 Å². The lowest BCUT2D eigenvalue weighted by molar-refractivity contribution is 0.285. The van der Waals surface area contributed by atoms with E-state index in [4.69, 9.17) is 10.5 Å². The van der Waals surface area contributed by atoms with Crippen molar-refractivity contribution in [1.29, 1.82) is 0 Å². The molecule has 1 aliphatic heterocycles. The van der Waals surface area contributed by atoms with E-state index in [1.54, 1.807) is 7.11 Å². The molecule has 1 aliphatic rings. The van der Waals surface area contributed by atoms with Gasteiger partial charge in [0.25, 0.3) is 0 Å². The fourth-order valence-electron chi connectivity index (χ4n) is 1.57. The molecule has 1 heterocycles. The third-order valence-corrected chi connectivity index (χ3v) is 3.02. The van der Waals surface area contributed by atoms with Crippen LogP contribution in [0.2, 0.25) is 0 Å². The van der Waals surface area contributed by atoms with Crippen molar-refractivity contribution in [3.63, 3.8) is 0 Å². The molecule has 3 N–H and O–H groups in total. The molecule has 84 valence electrons. The Morgan fingerprint density at radius 2 is 2.07 bits per heavy atom. The van der Waals surface area contributed by atoms with E-state index in [0.717, 1.165) is 28.9 Å². The number of hydrogen-bond donors (Lipinski definition) is 2. The molecular formula is C10H14BrClN2O. The molecule has 0 saturated carbocycles. The second-order valence-electron chi connectivity index (χ2n) is 3.64. The normalized spacial score (nSPS) is 17.5. The van der Waals surface area contributed by atoms with Crippen molar-refractivity contribution in [2.45, 2.75) is 5.54 Å². The molecule has 3 nitrogen and oxygen atoms in total. The number of nitrogens with one attached hydrogen (secondary N) is 1. The number of nitrogens with two attached hydrogens (primary N) is 1. The Bertz CT molecular complexity index is 355. The summed E-state index contributed by atoms with van der Waals surface area (Å²) >= 11 is 3.44. The highest BCUT2D eigenvalue weighted by Crippen LogP contribution is 2.29. The van der Waals surface area contributed by atoms with Gasteiger partial charge in [-0.2, -0.15) is 0 Å². The Labute approximate surface area is 104 Å². The summed E-state index contributed by atoms with van der Waals surface area (Å²) in [5.41, 5.74) is 7.07. The number of halogens is 2. The van der Waals surface area contributed by atoms with Crippen molar-refractivity contribution < 1.29 is 4.74 Å². The van der Waals surface area contributed by atoms with E-state index in [1.807, 2.05) is 18.2 Å². The van der Waals surface area contributed by atoms with Gasteiger partial charge in [0.05, 0.1) is 12.6 Å². The Hall–Kier alpha value is -0.290. The number of rotatable bonds is 2. The summed E-state index contributed by atoms with van der Waals surface area (Å²) in [6.45, 7) is 1.65. The molecule has 0 atom stereocenters. The second kappa shape index (κ2) is 4.70. The molecule has 0 aliphatic carbocycles. The van der Waals surface area contributed by atoms with Gasteiger partial charge >= 0.3 is 0 Å². The quantitative estimate of drug-likeness (QED) is 0.871. The van der Waals surface area contributed by atoms with Gasteiger partial charge in [0.2, 0.25) is 0 Å². The van der Waals surface area contributed by atoms with Crippen molar-refractivity contribution >= 4 is 28.3 Å². The van der Waals surface area contributed by atoms with E-state index < -0.39 is 0 Å². The minimum Gasteiger partial charge on any atom is -0.497 e. The van der Waals surface area contributed by atoms with Crippen LogP contribution in [-0.4, -0.2) is 20.2 Å². The van der Waals surface area contributed by atoms with Gasteiger partial charge in [0, 0.05) is 17.6 Å². The third kappa shape index (κ3) is 2.45. The van der Waals surface area contributed by atoms with Crippen molar-refractivity contribution in [3.8, 4) is 5.75 Å². The van der Waals surface area contributed by atoms with E-state index in [1.165, 1.54) is 0 Å². The summed E-state index contributed by atoms with van der Waals surface area (Å²) in [6, 6.07) is 5.97. The van der Waals surface area contributed by atoms with Crippen LogP contribution in [-0.2, 0) is 5.54 Å². The Kier molecular flexibility index (Phi) is 4.00. The van der Waals surface area contributed by atoms with Crippen LogP contribution in [0.25, 0.3) is 0 Å². The fourth-order valence-corrected chi connectivity index (χ4v) is 2.04. The van der Waals surface area contributed by atoms with Crippen LogP contribution in [0, 0.1) is 0 Å². The molecule has 0 amide bonds. The molecule has 1 aromatic rings. The molecule has 2 rings (SSSR count). The minimum atomic E-state index is -0.225. The van der Waals surface area contributed by atoms with Gasteiger partial charge < -0.3 is 15.8 Å². The van der Waals surface area contributed by atoms with E-state index in [-0.39, 0.29) is 17.9 Å². The average molecular weight is 294 g/mol. The maximum atomic E-state index is 6.18. The largest absolute Gasteiger partial charge is 0.497 e. The van der Waals surface area contributed by atoms with Crippen molar-refractivity contribution in [2.24, 2.45) is 5.73 Å². The Morgan fingerprint density at radius 3 is 2.53 bits per heavy atom. The summed E-state index contributed by atoms with van der Waals surface area (Å²) in [6.07, 6.45) is 0. The van der Waals surface area contributed by atoms with Crippen LogP contribution >= 0.6 is 28.3 Å². The first kappa shape index (κ1) is 12.8. The van der Waals surface area contributed by atoms with Crippen LogP contribution in [0.5, 0.6) is 5.75 Å². The zero-order chi connectivity index (χ0) is 10.2. The van der Waals surface area contributed by atoms with E-state index in [0.29, 0.717) is 0 Å². The lowest BCUT2D eigenvalue weighted by atomic mass is 9.85. The predicted octanol–water partition coefficient (Wildman–Crippen LogP) is 1.64. The average Bonchev–Trinajstić information content (AvgIpc) is 2.13. The zero-order valence-corrected chi connectivity index (χ0v) is 10.8.